The van der Waals surface area contributed by atoms with Crippen molar-refractivity contribution in [3.8, 4) is 5.75 Å². The lowest BCUT2D eigenvalue weighted by molar-refractivity contribution is -0.121. The normalized spacial score (nSPS) is 9.94. The van der Waals surface area contributed by atoms with Gasteiger partial charge in [-0.15, -0.1) is 0 Å². The van der Waals surface area contributed by atoms with Gasteiger partial charge in [-0.25, -0.2) is 5.84 Å². The second kappa shape index (κ2) is 6.35. The summed E-state index contributed by atoms with van der Waals surface area (Å²) in [6.07, 6.45) is 1.08. The number of hydrogen-bond donors (Lipinski definition) is 2. The van der Waals surface area contributed by atoms with Crippen LogP contribution in [0, 0.1) is 0 Å². The molecular formula is C11H15ClN2O2. The molecule has 0 fully saturated rings. The van der Waals surface area contributed by atoms with Gasteiger partial charge in [-0.1, -0.05) is 18.5 Å². The zero-order chi connectivity index (χ0) is 12.0. The maximum absolute atomic E-state index is 10.8. The number of benzene rings is 1. The van der Waals surface area contributed by atoms with Crippen LogP contribution in [0.5, 0.6) is 5.75 Å². The van der Waals surface area contributed by atoms with Crippen LogP contribution in [0.25, 0.3) is 0 Å². The molecule has 0 heterocycles. The lowest BCUT2D eigenvalue weighted by atomic mass is 10.1. The second-order valence-electron chi connectivity index (χ2n) is 3.27. The van der Waals surface area contributed by atoms with Gasteiger partial charge in [-0.2, -0.15) is 0 Å². The van der Waals surface area contributed by atoms with E-state index in [0.717, 1.165) is 17.0 Å². The van der Waals surface area contributed by atoms with Crippen molar-refractivity contribution >= 4 is 17.5 Å². The van der Waals surface area contributed by atoms with E-state index >= 15 is 0 Å². The summed E-state index contributed by atoms with van der Waals surface area (Å²) < 4.78 is 5.40. The van der Waals surface area contributed by atoms with Gasteiger partial charge in [0.1, 0.15) is 5.75 Å². The highest BCUT2D eigenvalue weighted by molar-refractivity contribution is 6.31. The molecule has 5 heteroatoms. The molecule has 0 aliphatic rings. The minimum atomic E-state index is -0.246. The highest BCUT2D eigenvalue weighted by Crippen LogP contribution is 2.22. The lowest BCUT2D eigenvalue weighted by Gasteiger charge is -2.08. The number of halogens is 1. The number of carbonyl (C=O) groups is 1. The summed E-state index contributed by atoms with van der Waals surface area (Å²) in [5.74, 6) is 5.41. The third-order valence-electron chi connectivity index (χ3n) is 2.16. The van der Waals surface area contributed by atoms with Gasteiger partial charge in [0.15, 0.2) is 0 Å². The number of carbonyl (C=O) groups excluding carboxylic acids is 1. The quantitative estimate of drug-likeness (QED) is 0.469. The van der Waals surface area contributed by atoms with Crippen molar-refractivity contribution in [1.29, 1.82) is 0 Å². The van der Waals surface area contributed by atoms with Gasteiger partial charge in [0.25, 0.3) is 0 Å². The van der Waals surface area contributed by atoms with Crippen LogP contribution in [0.2, 0.25) is 5.02 Å². The van der Waals surface area contributed by atoms with Crippen molar-refractivity contribution < 1.29 is 9.53 Å². The minimum Gasteiger partial charge on any atom is -0.493 e. The number of rotatable bonds is 5. The second-order valence-corrected chi connectivity index (χ2v) is 3.68. The number of nitrogens with one attached hydrogen (secondary N) is 1. The number of aryl methyl sites for hydroxylation is 1. The topological polar surface area (TPSA) is 64.3 Å². The van der Waals surface area contributed by atoms with Crippen molar-refractivity contribution in [3.63, 3.8) is 0 Å². The van der Waals surface area contributed by atoms with Crippen LogP contribution in [0.3, 0.4) is 0 Å². The van der Waals surface area contributed by atoms with Gasteiger partial charge in [0.2, 0.25) is 5.91 Å². The first-order valence-corrected chi connectivity index (χ1v) is 5.45. The van der Waals surface area contributed by atoms with Crippen LogP contribution in [-0.4, -0.2) is 12.5 Å². The average molecular weight is 243 g/mol. The molecule has 0 atom stereocenters. The minimum absolute atomic E-state index is 0.237. The number of amides is 1. The third-order valence-corrected chi connectivity index (χ3v) is 2.53. The molecule has 0 saturated heterocycles. The van der Waals surface area contributed by atoms with E-state index in [1.165, 1.54) is 0 Å². The van der Waals surface area contributed by atoms with Crippen molar-refractivity contribution in [2.24, 2.45) is 5.84 Å². The first-order valence-electron chi connectivity index (χ1n) is 5.08. The Labute approximate surface area is 99.7 Å². The molecule has 0 radical (unpaired) electrons. The van der Waals surface area contributed by atoms with E-state index in [1.807, 2.05) is 18.4 Å². The molecule has 0 bridgehead atoms. The van der Waals surface area contributed by atoms with E-state index < -0.39 is 0 Å². The van der Waals surface area contributed by atoms with Crippen LogP contribution >= 0.6 is 11.6 Å². The molecular weight excluding hydrogens is 228 g/mol. The van der Waals surface area contributed by atoms with Crippen LogP contribution < -0.4 is 16.0 Å². The Morgan fingerprint density at radius 3 is 2.94 bits per heavy atom. The Morgan fingerprint density at radius 1 is 1.56 bits per heavy atom. The fourth-order valence-electron chi connectivity index (χ4n) is 1.25. The summed E-state index contributed by atoms with van der Waals surface area (Å²) in [4.78, 5) is 10.8. The van der Waals surface area contributed by atoms with Crippen LogP contribution in [-0.2, 0) is 11.2 Å². The zero-order valence-corrected chi connectivity index (χ0v) is 9.88. The first-order chi connectivity index (χ1) is 7.67. The van der Waals surface area contributed by atoms with Crippen LogP contribution in [0.15, 0.2) is 18.2 Å². The smallest absolute Gasteiger partial charge is 0.237 e. The van der Waals surface area contributed by atoms with Crippen molar-refractivity contribution in [2.45, 2.75) is 19.8 Å². The van der Waals surface area contributed by atoms with Gasteiger partial charge in [-0.05, 0) is 30.2 Å². The van der Waals surface area contributed by atoms with Crippen molar-refractivity contribution in [2.75, 3.05) is 6.61 Å². The summed E-state index contributed by atoms with van der Waals surface area (Å²) in [5, 5.41) is 0.731. The molecule has 0 aliphatic heterocycles. The summed E-state index contributed by atoms with van der Waals surface area (Å²) in [6.45, 7) is 2.32. The molecule has 0 spiro atoms. The highest BCUT2D eigenvalue weighted by Gasteiger charge is 2.02. The molecule has 1 aromatic carbocycles. The Bertz CT molecular complexity index is 369. The molecule has 88 valence electrons. The fraction of sp³-hybridized carbons (Fsp3) is 0.364. The molecule has 0 aromatic heterocycles. The summed E-state index contributed by atoms with van der Waals surface area (Å²) in [5.41, 5.74) is 3.07. The largest absolute Gasteiger partial charge is 0.493 e. The predicted octanol–water partition coefficient (Wildman–Crippen LogP) is 1.66. The molecule has 1 aromatic rings. The van der Waals surface area contributed by atoms with E-state index in [2.05, 4.69) is 0 Å². The number of ether oxygens (including phenoxy) is 1. The van der Waals surface area contributed by atoms with Gasteiger partial charge < -0.3 is 4.74 Å². The van der Waals surface area contributed by atoms with Crippen molar-refractivity contribution in [3.05, 3.63) is 28.8 Å². The maximum Gasteiger partial charge on any atom is 0.237 e. The molecule has 0 aliphatic carbocycles. The Hall–Kier alpha value is -1.26. The van der Waals surface area contributed by atoms with E-state index in [0.29, 0.717) is 12.4 Å². The molecule has 3 N–H and O–H groups in total. The molecule has 0 unspecified atom stereocenters. The fourth-order valence-corrected chi connectivity index (χ4v) is 1.50. The molecule has 16 heavy (non-hydrogen) atoms. The van der Waals surface area contributed by atoms with E-state index in [9.17, 15) is 4.79 Å². The molecule has 4 nitrogen and oxygen atoms in total. The SMILES string of the molecule is CCc1cc(OCCC(=O)NN)ccc1Cl. The van der Waals surface area contributed by atoms with E-state index in [-0.39, 0.29) is 12.3 Å². The highest BCUT2D eigenvalue weighted by atomic mass is 35.5. The van der Waals surface area contributed by atoms with Gasteiger partial charge in [0.05, 0.1) is 13.0 Å². The number of hydrogen-bond acceptors (Lipinski definition) is 3. The van der Waals surface area contributed by atoms with Gasteiger partial charge in [-0.3, -0.25) is 10.2 Å². The molecule has 0 saturated carbocycles. The summed E-state index contributed by atoms with van der Waals surface area (Å²) in [6, 6.07) is 5.45. The summed E-state index contributed by atoms with van der Waals surface area (Å²) in [7, 11) is 0. The van der Waals surface area contributed by atoms with E-state index in [1.54, 1.807) is 12.1 Å². The monoisotopic (exact) mass is 242 g/mol. The average Bonchev–Trinajstić information content (AvgIpc) is 2.31. The lowest BCUT2D eigenvalue weighted by Crippen LogP contribution is -2.31. The third kappa shape index (κ3) is 3.72. The zero-order valence-electron chi connectivity index (χ0n) is 9.13. The Balaban J connectivity index is 2.51. The standard InChI is InChI=1S/C11H15ClN2O2/c1-2-8-7-9(3-4-10(8)12)16-6-5-11(15)14-13/h3-4,7H,2,5-6,13H2,1H3,(H,14,15). The predicted molar refractivity (Wildman–Crippen MR) is 63.3 cm³/mol. The number of nitrogens with two attached hydrogens (primary N) is 1. The van der Waals surface area contributed by atoms with Gasteiger partial charge >= 0.3 is 0 Å². The van der Waals surface area contributed by atoms with Crippen LogP contribution in [0.4, 0.5) is 0 Å². The number of hydrazine groups is 1. The Kier molecular flexibility index (Phi) is 5.08. The van der Waals surface area contributed by atoms with Crippen molar-refractivity contribution in [1.82, 2.24) is 5.43 Å². The first kappa shape index (κ1) is 12.8. The molecule has 1 amide bonds. The Morgan fingerprint density at radius 2 is 2.31 bits per heavy atom. The summed E-state index contributed by atoms with van der Waals surface area (Å²) >= 11 is 5.97. The van der Waals surface area contributed by atoms with Crippen LogP contribution in [0.1, 0.15) is 18.9 Å². The van der Waals surface area contributed by atoms with Gasteiger partial charge in [0, 0.05) is 5.02 Å². The maximum atomic E-state index is 10.8. The van der Waals surface area contributed by atoms with E-state index in [4.69, 9.17) is 22.2 Å². The molecule has 1 rings (SSSR count).